The lowest BCUT2D eigenvalue weighted by molar-refractivity contribution is -0.895. The van der Waals surface area contributed by atoms with E-state index in [2.05, 4.69) is 64.4 Å². The number of nitrogens with one attached hydrogen (secondary N) is 1. The quantitative estimate of drug-likeness (QED) is 0.762. The third kappa shape index (κ3) is 3.73. The maximum atomic E-state index is 12.8. The van der Waals surface area contributed by atoms with Gasteiger partial charge in [-0.15, -0.1) is 0 Å². The number of fused-ring (bicyclic) bond motifs is 2. The summed E-state index contributed by atoms with van der Waals surface area (Å²) in [4.78, 5) is 12.8. The van der Waals surface area contributed by atoms with Crippen LogP contribution < -0.4 is 17.7 Å². The summed E-state index contributed by atoms with van der Waals surface area (Å²) < 4.78 is 0.681. The van der Waals surface area contributed by atoms with Gasteiger partial charge in [-0.1, -0.05) is 44.2 Å². The van der Waals surface area contributed by atoms with E-state index in [-0.39, 0.29) is 29.3 Å². The number of benzene rings is 1. The maximum absolute atomic E-state index is 12.8. The van der Waals surface area contributed by atoms with E-state index in [4.69, 9.17) is 0 Å². The van der Waals surface area contributed by atoms with Crippen molar-refractivity contribution in [2.75, 3.05) is 20.6 Å². The lowest BCUT2D eigenvalue weighted by atomic mass is 9.64. The van der Waals surface area contributed by atoms with Gasteiger partial charge in [0.25, 0.3) is 5.91 Å². The van der Waals surface area contributed by atoms with Crippen molar-refractivity contribution in [3.05, 3.63) is 35.9 Å². The molecule has 1 N–H and O–H groups in total. The van der Waals surface area contributed by atoms with Crippen LogP contribution in [0.5, 0.6) is 0 Å². The summed E-state index contributed by atoms with van der Waals surface area (Å²) in [6.07, 6.45) is 3.89. The summed E-state index contributed by atoms with van der Waals surface area (Å²) in [5.74, 6) is 1.60. The third-order valence-electron chi connectivity index (χ3n) is 7.03. The highest BCUT2D eigenvalue weighted by Crippen LogP contribution is 2.61. The minimum Gasteiger partial charge on any atom is -1.00 e. The number of halogens is 1. The first-order valence-corrected chi connectivity index (χ1v) is 9.31. The molecule has 140 valence electrons. The van der Waals surface area contributed by atoms with Crippen LogP contribution in [0.3, 0.4) is 0 Å². The fourth-order valence-electron chi connectivity index (χ4n) is 5.23. The summed E-state index contributed by atoms with van der Waals surface area (Å²) in [5, 5.41) is 3.46. The average Bonchev–Trinajstić information content (AvgIpc) is 3.02. The molecule has 0 heterocycles. The van der Waals surface area contributed by atoms with Gasteiger partial charge in [-0.05, 0) is 43.4 Å². The van der Waals surface area contributed by atoms with Crippen LogP contribution in [0.15, 0.2) is 30.3 Å². The van der Waals surface area contributed by atoms with Gasteiger partial charge in [0, 0.05) is 11.1 Å². The molecule has 0 radical (unpaired) electrons. The molecule has 3 atom stereocenters. The number of hydrogen-bond donors (Lipinski definition) is 1. The Kier molecular flexibility index (Phi) is 5.61. The normalized spacial score (nSPS) is 30.0. The van der Waals surface area contributed by atoms with Gasteiger partial charge in [0.1, 0.15) is 6.54 Å². The molecule has 3 rings (SSSR count). The van der Waals surface area contributed by atoms with Crippen LogP contribution in [0.4, 0.5) is 0 Å². The van der Waals surface area contributed by atoms with Crippen molar-refractivity contribution in [2.45, 2.75) is 52.1 Å². The molecule has 1 aromatic rings. The second-order valence-electron chi connectivity index (χ2n) is 9.42. The lowest BCUT2D eigenvalue weighted by Gasteiger charge is -2.48. The Hall–Kier alpha value is -1.06. The lowest BCUT2D eigenvalue weighted by Crippen LogP contribution is -3.00. The molecule has 1 amide bonds. The van der Waals surface area contributed by atoms with Crippen LogP contribution in [0.25, 0.3) is 0 Å². The van der Waals surface area contributed by atoms with Crippen LogP contribution in [-0.2, 0) is 11.3 Å². The van der Waals surface area contributed by atoms with E-state index < -0.39 is 0 Å². The van der Waals surface area contributed by atoms with Gasteiger partial charge < -0.3 is 22.2 Å². The van der Waals surface area contributed by atoms with Crippen LogP contribution in [0.2, 0.25) is 0 Å². The van der Waals surface area contributed by atoms with Crippen LogP contribution in [0.1, 0.15) is 45.6 Å². The van der Waals surface area contributed by atoms with Crippen molar-refractivity contribution in [3.8, 4) is 0 Å². The standard InChI is InChI=1S/C21H32N2O.ClH/c1-20(2)17-11-12-18(13-17)21(20,3)22-19(24)15-23(4,5)14-16-9-7-6-8-10-16;/h6-10,17-18H,11-15H2,1-5H3;1H. The number of likely N-dealkylation sites (N-methyl/N-ethyl adjacent to an activating group) is 1. The van der Waals surface area contributed by atoms with E-state index in [1.807, 2.05) is 6.07 Å². The Bertz CT molecular complexity index is 614. The Morgan fingerprint density at radius 1 is 1.12 bits per heavy atom. The number of hydrogen-bond acceptors (Lipinski definition) is 1. The average molecular weight is 365 g/mol. The first-order valence-electron chi connectivity index (χ1n) is 9.31. The zero-order valence-electron chi connectivity index (χ0n) is 16.3. The Labute approximate surface area is 159 Å². The topological polar surface area (TPSA) is 29.1 Å². The van der Waals surface area contributed by atoms with E-state index in [1.54, 1.807) is 0 Å². The largest absolute Gasteiger partial charge is 1.00 e. The first kappa shape index (κ1) is 20.3. The van der Waals surface area contributed by atoms with Crippen molar-refractivity contribution in [1.82, 2.24) is 5.32 Å². The van der Waals surface area contributed by atoms with Gasteiger partial charge in [0.15, 0.2) is 6.54 Å². The number of amides is 1. The highest BCUT2D eigenvalue weighted by molar-refractivity contribution is 5.78. The Balaban J connectivity index is 0.00000225. The predicted octanol–water partition coefficient (Wildman–Crippen LogP) is 0.598. The summed E-state index contributed by atoms with van der Waals surface area (Å²) in [5.41, 5.74) is 1.42. The molecule has 2 aliphatic carbocycles. The Morgan fingerprint density at radius 3 is 2.28 bits per heavy atom. The first-order chi connectivity index (χ1) is 11.1. The SMILES string of the molecule is CC1(C)C2CCC(C2)C1(C)NC(=O)C[N+](C)(C)Cc1ccccc1.[Cl-]. The number of carbonyl (C=O) groups is 1. The van der Waals surface area contributed by atoms with Gasteiger partial charge in [0.05, 0.1) is 14.1 Å². The zero-order chi connectivity index (χ0) is 17.6. The van der Waals surface area contributed by atoms with Crippen LogP contribution in [0, 0.1) is 17.3 Å². The molecule has 0 aromatic heterocycles. The van der Waals surface area contributed by atoms with Crippen molar-refractivity contribution < 1.29 is 21.7 Å². The minimum absolute atomic E-state index is 0. The van der Waals surface area contributed by atoms with E-state index in [1.165, 1.54) is 24.8 Å². The summed E-state index contributed by atoms with van der Waals surface area (Å²) in [6, 6.07) is 10.4. The van der Waals surface area contributed by atoms with E-state index in [0.29, 0.717) is 16.9 Å². The predicted molar refractivity (Wildman–Crippen MR) is 98.3 cm³/mol. The van der Waals surface area contributed by atoms with Crippen LogP contribution in [-0.4, -0.2) is 36.6 Å². The zero-order valence-corrected chi connectivity index (χ0v) is 17.1. The highest BCUT2D eigenvalue weighted by Gasteiger charge is 2.61. The Morgan fingerprint density at radius 2 is 1.72 bits per heavy atom. The molecule has 0 saturated heterocycles. The number of rotatable bonds is 5. The second kappa shape index (κ2) is 6.92. The van der Waals surface area contributed by atoms with Crippen molar-refractivity contribution in [3.63, 3.8) is 0 Å². The van der Waals surface area contributed by atoms with Gasteiger partial charge in [-0.3, -0.25) is 4.79 Å². The van der Waals surface area contributed by atoms with Gasteiger partial charge >= 0.3 is 0 Å². The molecule has 25 heavy (non-hydrogen) atoms. The number of quaternary nitrogens is 1. The maximum Gasteiger partial charge on any atom is 0.275 e. The minimum atomic E-state index is -0.0558. The third-order valence-corrected chi connectivity index (χ3v) is 7.03. The molecular formula is C21H33ClN2O. The van der Waals surface area contributed by atoms with Crippen molar-refractivity contribution in [2.24, 2.45) is 17.3 Å². The fourth-order valence-corrected chi connectivity index (χ4v) is 5.23. The summed E-state index contributed by atoms with van der Waals surface area (Å²) >= 11 is 0. The summed E-state index contributed by atoms with van der Waals surface area (Å²) in [6.45, 7) is 8.38. The van der Waals surface area contributed by atoms with Gasteiger partial charge in [0.2, 0.25) is 0 Å². The molecule has 2 aliphatic rings. The van der Waals surface area contributed by atoms with Crippen LogP contribution >= 0.6 is 0 Å². The molecule has 2 saturated carbocycles. The molecule has 3 nitrogen and oxygen atoms in total. The number of nitrogens with zero attached hydrogens (tertiary/aromatic N) is 1. The molecule has 2 bridgehead atoms. The molecule has 0 spiro atoms. The summed E-state index contributed by atoms with van der Waals surface area (Å²) in [7, 11) is 4.28. The van der Waals surface area contributed by atoms with Crippen molar-refractivity contribution >= 4 is 5.91 Å². The molecular weight excluding hydrogens is 332 g/mol. The smallest absolute Gasteiger partial charge is 0.275 e. The molecule has 1 aromatic carbocycles. The van der Waals surface area contributed by atoms with Crippen molar-refractivity contribution in [1.29, 1.82) is 0 Å². The molecule has 4 heteroatoms. The number of carbonyl (C=O) groups excluding carboxylic acids is 1. The van der Waals surface area contributed by atoms with Gasteiger partial charge in [-0.25, -0.2) is 0 Å². The molecule has 3 unspecified atom stereocenters. The molecule has 0 aliphatic heterocycles. The van der Waals surface area contributed by atoms with E-state index >= 15 is 0 Å². The molecule has 2 fully saturated rings. The van der Waals surface area contributed by atoms with Gasteiger partial charge in [-0.2, -0.15) is 0 Å². The second-order valence-corrected chi connectivity index (χ2v) is 9.42. The van der Waals surface area contributed by atoms with E-state index in [9.17, 15) is 4.79 Å². The highest BCUT2D eigenvalue weighted by atomic mass is 35.5. The monoisotopic (exact) mass is 364 g/mol. The fraction of sp³-hybridized carbons (Fsp3) is 0.667. The van der Waals surface area contributed by atoms with E-state index in [0.717, 1.165) is 12.5 Å².